The van der Waals surface area contributed by atoms with E-state index in [1.165, 1.54) is 6.07 Å². The minimum Gasteiger partial charge on any atom is -0.296 e. The number of hydrogen-bond donors (Lipinski definition) is 0. The molecule has 1 aliphatic rings. The molecule has 3 heteroatoms. The number of likely N-dealkylation sites (tertiary alicyclic amines) is 1. The predicted octanol–water partition coefficient (Wildman–Crippen LogP) is 2.74. The number of Topliss-reactive ketones (excluding diaryl/α,β-unsaturated/α-hetero) is 1. The van der Waals surface area contributed by atoms with Gasteiger partial charge in [-0.15, -0.1) is 0 Å². The Hall–Kier alpha value is -1.22. The Labute approximate surface area is 101 Å². The van der Waals surface area contributed by atoms with Gasteiger partial charge >= 0.3 is 0 Å². The highest BCUT2D eigenvalue weighted by atomic mass is 19.1. The number of rotatable bonds is 4. The lowest BCUT2D eigenvalue weighted by Gasteiger charge is -2.14. The van der Waals surface area contributed by atoms with Gasteiger partial charge in [-0.25, -0.2) is 4.39 Å². The van der Waals surface area contributed by atoms with Crippen LogP contribution in [0, 0.1) is 11.7 Å². The lowest BCUT2D eigenvalue weighted by Crippen LogP contribution is -2.28. The van der Waals surface area contributed by atoms with E-state index in [9.17, 15) is 9.18 Å². The van der Waals surface area contributed by atoms with Crippen LogP contribution in [0.2, 0.25) is 0 Å². The molecule has 0 spiro atoms. The Bertz CT molecular complexity index is 405. The maximum Gasteiger partial charge on any atom is 0.179 e. The number of halogens is 1. The topological polar surface area (TPSA) is 20.3 Å². The zero-order chi connectivity index (χ0) is 12.3. The molecule has 1 fully saturated rings. The summed E-state index contributed by atoms with van der Waals surface area (Å²) < 4.78 is 13.4. The van der Waals surface area contributed by atoms with Gasteiger partial charge in [0.2, 0.25) is 0 Å². The largest absolute Gasteiger partial charge is 0.296 e. The first-order valence-corrected chi connectivity index (χ1v) is 6.20. The first kappa shape index (κ1) is 12.2. The van der Waals surface area contributed by atoms with Gasteiger partial charge in [-0.1, -0.05) is 25.5 Å². The summed E-state index contributed by atoms with van der Waals surface area (Å²) in [4.78, 5) is 14.1. The third-order valence-electron chi connectivity index (χ3n) is 3.49. The van der Waals surface area contributed by atoms with Gasteiger partial charge in [0.1, 0.15) is 5.82 Å². The molecule has 0 bridgehead atoms. The van der Waals surface area contributed by atoms with Crippen molar-refractivity contribution in [1.82, 2.24) is 4.90 Å². The zero-order valence-corrected chi connectivity index (χ0v) is 10.2. The number of hydrogen-bond acceptors (Lipinski definition) is 2. The molecule has 0 radical (unpaired) electrons. The Morgan fingerprint density at radius 2 is 2.24 bits per heavy atom. The highest BCUT2D eigenvalue weighted by Crippen LogP contribution is 2.19. The van der Waals surface area contributed by atoms with Gasteiger partial charge in [0, 0.05) is 6.54 Å². The molecule has 0 aliphatic carbocycles. The van der Waals surface area contributed by atoms with E-state index in [2.05, 4.69) is 11.8 Å². The van der Waals surface area contributed by atoms with E-state index < -0.39 is 5.82 Å². The molecule has 1 heterocycles. The van der Waals surface area contributed by atoms with E-state index in [-0.39, 0.29) is 11.3 Å². The molecule has 0 saturated carbocycles. The van der Waals surface area contributed by atoms with E-state index in [0.29, 0.717) is 12.5 Å². The van der Waals surface area contributed by atoms with Gasteiger partial charge in [0.15, 0.2) is 5.78 Å². The van der Waals surface area contributed by atoms with Gasteiger partial charge in [0.05, 0.1) is 12.1 Å². The summed E-state index contributed by atoms with van der Waals surface area (Å²) in [5.41, 5.74) is 0.215. The van der Waals surface area contributed by atoms with Crippen molar-refractivity contribution < 1.29 is 9.18 Å². The summed E-state index contributed by atoms with van der Waals surface area (Å²) in [6.07, 6.45) is 2.31. The number of benzene rings is 1. The van der Waals surface area contributed by atoms with Crippen molar-refractivity contribution in [2.45, 2.75) is 19.8 Å². The fraction of sp³-hybridized carbons (Fsp3) is 0.500. The number of nitrogens with zero attached hydrogens (tertiary/aromatic N) is 1. The summed E-state index contributed by atoms with van der Waals surface area (Å²) in [6.45, 7) is 4.44. The maximum absolute atomic E-state index is 13.4. The Morgan fingerprint density at radius 1 is 1.47 bits per heavy atom. The summed E-state index contributed by atoms with van der Waals surface area (Å²) in [7, 11) is 0. The van der Waals surface area contributed by atoms with Gasteiger partial charge in [-0.05, 0) is 31.0 Å². The Kier molecular flexibility index (Phi) is 3.89. The van der Waals surface area contributed by atoms with Gasteiger partial charge in [0.25, 0.3) is 0 Å². The van der Waals surface area contributed by atoms with Crippen LogP contribution < -0.4 is 0 Å². The number of carbonyl (C=O) groups excluding carboxylic acids is 1. The van der Waals surface area contributed by atoms with Crippen molar-refractivity contribution in [2.24, 2.45) is 5.92 Å². The van der Waals surface area contributed by atoms with Crippen LogP contribution in [-0.2, 0) is 0 Å². The van der Waals surface area contributed by atoms with Crippen molar-refractivity contribution in [1.29, 1.82) is 0 Å². The second-order valence-electron chi connectivity index (χ2n) is 4.70. The molecule has 1 aromatic carbocycles. The highest BCUT2D eigenvalue weighted by Gasteiger charge is 2.23. The van der Waals surface area contributed by atoms with Crippen LogP contribution in [0.5, 0.6) is 0 Å². The van der Waals surface area contributed by atoms with E-state index in [4.69, 9.17) is 0 Å². The third-order valence-corrected chi connectivity index (χ3v) is 3.49. The summed E-state index contributed by atoms with van der Waals surface area (Å²) in [5.74, 6) is 0.173. The second kappa shape index (κ2) is 5.41. The molecule has 0 amide bonds. The van der Waals surface area contributed by atoms with Crippen molar-refractivity contribution in [3.63, 3.8) is 0 Å². The molecule has 0 N–H and O–H groups in total. The number of ketones is 1. The van der Waals surface area contributed by atoms with Crippen LogP contribution in [-0.4, -0.2) is 30.3 Å². The minimum absolute atomic E-state index is 0.111. The molecule has 1 aromatic rings. The van der Waals surface area contributed by atoms with Gasteiger partial charge in [-0.2, -0.15) is 0 Å². The SMILES string of the molecule is CCC1CCN(CC(=O)c2ccccc2F)C1. The number of carbonyl (C=O) groups is 1. The van der Waals surface area contributed by atoms with E-state index in [1.54, 1.807) is 18.2 Å². The molecule has 17 heavy (non-hydrogen) atoms. The van der Waals surface area contributed by atoms with Crippen LogP contribution in [0.15, 0.2) is 24.3 Å². The molecule has 92 valence electrons. The average Bonchev–Trinajstić information content (AvgIpc) is 2.77. The lowest BCUT2D eigenvalue weighted by molar-refractivity contribution is 0.0939. The van der Waals surface area contributed by atoms with Gasteiger partial charge < -0.3 is 0 Å². The predicted molar refractivity (Wildman–Crippen MR) is 65.6 cm³/mol. The van der Waals surface area contributed by atoms with Crippen molar-refractivity contribution in [2.75, 3.05) is 19.6 Å². The van der Waals surface area contributed by atoms with Gasteiger partial charge in [-0.3, -0.25) is 9.69 Å². The molecule has 1 atom stereocenters. The molecule has 0 aromatic heterocycles. The Balaban J connectivity index is 1.96. The molecular formula is C14H18FNO. The molecule has 1 aliphatic heterocycles. The molecular weight excluding hydrogens is 217 g/mol. The van der Waals surface area contributed by atoms with Crippen LogP contribution in [0.1, 0.15) is 30.1 Å². The first-order valence-electron chi connectivity index (χ1n) is 6.20. The second-order valence-corrected chi connectivity index (χ2v) is 4.70. The third kappa shape index (κ3) is 2.91. The van der Waals surface area contributed by atoms with Crippen LogP contribution in [0.3, 0.4) is 0 Å². The summed E-state index contributed by atoms with van der Waals surface area (Å²) in [6, 6.07) is 6.21. The molecule has 2 rings (SSSR count). The van der Waals surface area contributed by atoms with Crippen molar-refractivity contribution in [3.8, 4) is 0 Å². The normalized spacial score (nSPS) is 20.7. The van der Waals surface area contributed by atoms with Crippen LogP contribution >= 0.6 is 0 Å². The lowest BCUT2D eigenvalue weighted by atomic mass is 10.1. The quantitative estimate of drug-likeness (QED) is 0.748. The minimum atomic E-state index is -0.413. The maximum atomic E-state index is 13.4. The average molecular weight is 235 g/mol. The van der Waals surface area contributed by atoms with Crippen molar-refractivity contribution >= 4 is 5.78 Å². The fourth-order valence-corrected chi connectivity index (χ4v) is 2.37. The highest BCUT2D eigenvalue weighted by molar-refractivity contribution is 5.97. The molecule has 2 nitrogen and oxygen atoms in total. The summed E-state index contributed by atoms with van der Waals surface area (Å²) >= 11 is 0. The molecule has 1 unspecified atom stereocenters. The van der Waals surface area contributed by atoms with Crippen LogP contribution in [0.25, 0.3) is 0 Å². The van der Waals surface area contributed by atoms with E-state index in [0.717, 1.165) is 25.9 Å². The standard InChI is InChI=1S/C14H18FNO/c1-2-11-7-8-16(9-11)10-14(17)12-5-3-4-6-13(12)15/h3-6,11H,2,7-10H2,1H3. The fourth-order valence-electron chi connectivity index (χ4n) is 2.37. The Morgan fingerprint density at radius 3 is 2.88 bits per heavy atom. The molecule has 1 saturated heterocycles. The van der Waals surface area contributed by atoms with E-state index >= 15 is 0 Å². The monoisotopic (exact) mass is 235 g/mol. The van der Waals surface area contributed by atoms with Crippen LogP contribution in [0.4, 0.5) is 4.39 Å². The smallest absolute Gasteiger partial charge is 0.179 e. The zero-order valence-electron chi connectivity index (χ0n) is 10.2. The first-order chi connectivity index (χ1) is 8.20. The van der Waals surface area contributed by atoms with Crippen molar-refractivity contribution in [3.05, 3.63) is 35.6 Å². The summed E-state index contributed by atoms with van der Waals surface area (Å²) in [5, 5.41) is 0. The van der Waals surface area contributed by atoms with E-state index in [1.807, 2.05) is 0 Å².